The van der Waals surface area contributed by atoms with Crippen LogP contribution in [-0.2, 0) is 9.47 Å². The van der Waals surface area contributed by atoms with Crippen molar-refractivity contribution in [3.05, 3.63) is 24.3 Å². The third-order valence-electron chi connectivity index (χ3n) is 4.41. The second-order valence-electron chi connectivity index (χ2n) is 6.11. The number of nitrogens with one attached hydrogen (secondary N) is 2. The summed E-state index contributed by atoms with van der Waals surface area (Å²) in [5, 5.41) is 6.51. The summed E-state index contributed by atoms with van der Waals surface area (Å²) in [7, 11) is 0. The van der Waals surface area contributed by atoms with Crippen molar-refractivity contribution in [1.82, 2.24) is 10.3 Å². The SMILES string of the molecule is O=C(Nc1nc2ccccc2s1)N[C@@H]1CCO[C@@]2(CCOC2)C1. The van der Waals surface area contributed by atoms with Gasteiger partial charge in [-0.25, -0.2) is 9.78 Å². The number of anilines is 1. The molecule has 6 nitrogen and oxygen atoms in total. The molecule has 0 bridgehead atoms. The molecule has 7 heteroatoms. The van der Waals surface area contributed by atoms with E-state index in [9.17, 15) is 4.79 Å². The Morgan fingerprint density at radius 1 is 1.35 bits per heavy atom. The van der Waals surface area contributed by atoms with Gasteiger partial charge in [-0.2, -0.15) is 0 Å². The average Bonchev–Trinajstić information content (AvgIpc) is 3.13. The molecule has 2 amide bonds. The summed E-state index contributed by atoms with van der Waals surface area (Å²) in [6, 6.07) is 7.76. The van der Waals surface area contributed by atoms with Crippen LogP contribution in [0, 0.1) is 0 Å². The zero-order valence-corrected chi connectivity index (χ0v) is 13.5. The molecule has 2 aliphatic heterocycles. The Hall–Kier alpha value is -1.70. The number of fused-ring (bicyclic) bond motifs is 1. The van der Waals surface area contributed by atoms with Crippen molar-refractivity contribution in [3.8, 4) is 0 Å². The lowest BCUT2D eigenvalue weighted by Crippen LogP contribution is -2.49. The van der Waals surface area contributed by atoms with Gasteiger partial charge in [0, 0.05) is 25.7 Å². The van der Waals surface area contributed by atoms with Crippen molar-refractivity contribution in [2.24, 2.45) is 0 Å². The molecule has 1 aromatic carbocycles. The minimum absolute atomic E-state index is 0.111. The van der Waals surface area contributed by atoms with Gasteiger partial charge in [0.25, 0.3) is 0 Å². The Morgan fingerprint density at radius 3 is 3.09 bits per heavy atom. The first-order chi connectivity index (χ1) is 11.2. The number of carbonyl (C=O) groups is 1. The first-order valence-electron chi connectivity index (χ1n) is 7.87. The van der Waals surface area contributed by atoms with E-state index >= 15 is 0 Å². The van der Waals surface area contributed by atoms with Gasteiger partial charge in [-0.15, -0.1) is 0 Å². The third kappa shape index (κ3) is 3.17. The fourth-order valence-corrected chi connectivity index (χ4v) is 4.12. The number of amides is 2. The monoisotopic (exact) mass is 333 g/mol. The molecule has 0 saturated carbocycles. The Morgan fingerprint density at radius 2 is 2.26 bits per heavy atom. The first-order valence-corrected chi connectivity index (χ1v) is 8.69. The molecule has 2 fully saturated rings. The third-order valence-corrected chi connectivity index (χ3v) is 5.36. The lowest BCUT2D eigenvalue weighted by atomic mass is 9.90. The summed E-state index contributed by atoms with van der Waals surface area (Å²) < 4.78 is 12.4. The molecular weight excluding hydrogens is 314 g/mol. The molecule has 1 spiro atoms. The number of urea groups is 1. The van der Waals surface area contributed by atoms with Gasteiger partial charge in [-0.3, -0.25) is 5.32 Å². The van der Waals surface area contributed by atoms with E-state index < -0.39 is 0 Å². The van der Waals surface area contributed by atoms with Crippen molar-refractivity contribution in [2.45, 2.75) is 30.9 Å². The highest BCUT2D eigenvalue weighted by Crippen LogP contribution is 2.33. The topological polar surface area (TPSA) is 72.5 Å². The van der Waals surface area contributed by atoms with Crippen LogP contribution in [0.25, 0.3) is 10.2 Å². The summed E-state index contributed by atoms with van der Waals surface area (Å²) >= 11 is 1.48. The second kappa shape index (κ2) is 6.07. The number of hydrogen-bond acceptors (Lipinski definition) is 5. The van der Waals surface area contributed by atoms with Crippen molar-refractivity contribution < 1.29 is 14.3 Å². The summed E-state index contributed by atoms with van der Waals surface area (Å²) in [6.07, 6.45) is 2.54. The molecule has 4 rings (SSSR count). The molecule has 2 aliphatic rings. The normalized spacial score (nSPS) is 27.4. The van der Waals surface area contributed by atoms with Gasteiger partial charge >= 0.3 is 6.03 Å². The Balaban J connectivity index is 1.37. The van der Waals surface area contributed by atoms with E-state index in [1.165, 1.54) is 11.3 Å². The summed E-state index contributed by atoms with van der Waals surface area (Å²) in [5.74, 6) is 0. The molecule has 0 aliphatic carbocycles. The van der Waals surface area contributed by atoms with E-state index in [-0.39, 0.29) is 17.7 Å². The van der Waals surface area contributed by atoms with Crippen LogP contribution < -0.4 is 10.6 Å². The van der Waals surface area contributed by atoms with Gasteiger partial charge in [0.2, 0.25) is 0 Å². The lowest BCUT2D eigenvalue weighted by Gasteiger charge is -2.37. The predicted molar refractivity (Wildman–Crippen MR) is 88.9 cm³/mol. The Labute approximate surface area is 138 Å². The number of carbonyl (C=O) groups excluding carboxylic acids is 1. The highest BCUT2D eigenvalue weighted by molar-refractivity contribution is 7.22. The number of aromatic nitrogens is 1. The van der Waals surface area contributed by atoms with Gasteiger partial charge < -0.3 is 14.8 Å². The van der Waals surface area contributed by atoms with E-state index in [1.807, 2.05) is 24.3 Å². The highest BCUT2D eigenvalue weighted by Gasteiger charge is 2.41. The molecule has 0 radical (unpaired) electrons. The van der Waals surface area contributed by atoms with Crippen LogP contribution in [0.3, 0.4) is 0 Å². The largest absolute Gasteiger partial charge is 0.378 e. The highest BCUT2D eigenvalue weighted by atomic mass is 32.1. The molecule has 2 aromatic rings. The minimum atomic E-state index is -0.204. The van der Waals surface area contributed by atoms with Crippen molar-refractivity contribution in [1.29, 1.82) is 0 Å². The number of ether oxygens (including phenoxy) is 2. The van der Waals surface area contributed by atoms with Gasteiger partial charge in [0.05, 0.1) is 22.4 Å². The number of benzene rings is 1. The van der Waals surface area contributed by atoms with Crippen molar-refractivity contribution >= 4 is 32.7 Å². The van der Waals surface area contributed by atoms with Crippen LogP contribution >= 0.6 is 11.3 Å². The maximum atomic E-state index is 12.2. The van der Waals surface area contributed by atoms with Crippen LogP contribution in [0.4, 0.5) is 9.93 Å². The number of rotatable bonds is 2. The molecule has 2 saturated heterocycles. The Bertz CT molecular complexity index is 678. The van der Waals surface area contributed by atoms with Crippen LogP contribution in [0.15, 0.2) is 24.3 Å². The molecule has 0 unspecified atom stereocenters. The minimum Gasteiger partial charge on any atom is -0.378 e. The van der Waals surface area contributed by atoms with Gasteiger partial charge in [-0.05, 0) is 25.0 Å². The quantitative estimate of drug-likeness (QED) is 0.886. The number of hydrogen-bond donors (Lipinski definition) is 2. The van der Waals surface area contributed by atoms with E-state index in [1.54, 1.807) is 0 Å². The maximum absolute atomic E-state index is 12.2. The van der Waals surface area contributed by atoms with Gasteiger partial charge in [0.1, 0.15) is 0 Å². The lowest BCUT2D eigenvalue weighted by molar-refractivity contribution is -0.0877. The fraction of sp³-hybridized carbons (Fsp3) is 0.500. The van der Waals surface area contributed by atoms with Crippen LogP contribution in [0.1, 0.15) is 19.3 Å². The molecule has 2 atom stereocenters. The first kappa shape index (κ1) is 14.9. The summed E-state index contributed by atoms with van der Waals surface area (Å²) in [5.41, 5.74) is 0.701. The van der Waals surface area contributed by atoms with Crippen LogP contribution in [0.2, 0.25) is 0 Å². The molecule has 3 heterocycles. The van der Waals surface area contributed by atoms with Crippen molar-refractivity contribution in [3.63, 3.8) is 0 Å². The molecule has 1 aromatic heterocycles. The van der Waals surface area contributed by atoms with Crippen molar-refractivity contribution in [2.75, 3.05) is 25.1 Å². The fourth-order valence-electron chi connectivity index (χ4n) is 3.26. The van der Waals surface area contributed by atoms with Crippen LogP contribution in [0.5, 0.6) is 0 Å². The zero-order chi connectivity index (χ0) is 15.7. The zero-order valence-electron chi connectivity index (χ0n) is 12.7. The predicted octanol–water partition coefficient (Wildman–Crippen LogP) is 2.76. The average molecular weight is 333 g/mol. The van der Waals surface area contributed by atoms with E-state index in [0.717, 1.165) is 36.1 Å². The standard InChI is InChI=1S/C16H19N3O3S/c20-14(19-15-18-12-3-1-2-4-13(12)23-15)17-11-5-7-22-16(9-11)6-8-21-10-16/h1-4,11H,5-10H2,(H2,17,18,19,20)/t11-,16+/m1/s1. The number of nitrogens with zero attached hydrogens (tertiary/aromatic N) is 1. The van der Waals surface area contributed by atoms with E-state index in [0.29, 0.717) is 18.3 Å². The second-order valence-corrected chi connectivity index (χ2v) is 7.14. The van der Waals surface area contributed by atoms with Gasteiger partial charge in [-0.1, -0.05) is 23.5 Å². The molecule has 122 valence electrons. The number of thiazole rings is 1. The summed E-state index contributed by atoms with van der Waals surface area (Å²) in [6.45, 7) is 2.03. The molecular formula is C16H19N3O3S. The van der Waals surface area contributed by atoms with Gasteiger partial charge in [0.15, 0.2) is 5.13 Å². The summed E-state index contributed by atoms with van der Waals surface area (Å²) in [4.78, 5) is 16.7. The van der Waals surface area contributed by atoms with E-state index in [2.05, 4.69) is 15.6 Å². The van der Waals surface area contributed by atoms with E-state index in [4.69, 9.17) is 9.47 Å². The molecule has 2 N–H and O–H groups in total. The molecule has 23 heavy (non-hydrogen) atoms. The maximum Gasteiger partial charge on any atom is 0.321 e. The number of para-hydroxylation sites is 1. The van der Waals surface area contributed by atoms with Crippen LogP contribution in [-0.4, -0.2) is 42.5 Å². The Kier molecular flexibility index (Phi) is 3.92. The smallest absolute Gasteiger partial charge is 0.321 e.